The lowest BCUT2D eigenvalue weighted by atomic mass is 10.2. The molecule has 1 aromatic heterocycles. The zero-order chi connectivity index (χ0) is 14.1. The Labute approximate surface area is 115 Å². The predicted octanol–water partition coefficient (Wildman–Crippen LogP) is 1.45. The maximum atomic E-state index is 11.9. The van der Waals surface area contributed by atoms with E-state index in [2.05, 4.69) is 21.9 Å². The minimum absolute atomic E-state index is 0.140. The molecule has 2 N–H and O–H groups in total. The minimum atomic E-state index is -3.25. The fourth-order valence-corrected chi connectivity index (χ4v) is 3.01. The third kappa shape index (κ3) is 6.66. The van der Waals surface area contributed by atoms with Gasteiger partial charge in [-0.3, -0.25) is 4.98 Å². The van der Waals surface area contributed by atoms with Crippen molar-refractivity contribution in [3.63, 3.8) is 0 Å². The van der Waals surface area contributed by atoms with Crippen molar-refractivity contribution in [3.05, 3.63) is 30.1 Å². The largest absolute Gasteiger partial charge is 0.317 e. The van der Waals surface area contributed by atoms with Crippen LogP contribution >= 0.6 is 0 Å². The van der Waals surface area contributed by atoms with Gasteiger partial charge in [0.25, 0.3) is 0 Å². The third-order valence-electron chi connectivity index (χ3n) is 2.68. The Morgan fingerprint density at radius 1 is 1.32 bits per heavy atom. The van der Waals surface area contributed by atoms with Crippen molar-refractivity contribution in [2.75, 3.05) is 18.8 Å². The summed E-state index contributed by atoms with van der Waals surface area (Å²) in [7, 11) is -3.25. The van der Waals surface area contributed by atoms with Crippen molar-refractivity contribution in [1.29, 1.82) is 0 Å². The molecule has 0 bridgehead atoms. The normalized spacial score (nSPS) is 13.4. The molecule has 5 nitrogen and oxygen atoms in total. The molecular weight excluding hydrogens is 262 g/mol. The lowest BCUT2D eigenvalue weighted by molar-refractivity contribution is 0.558. The van der Waals surface area contributed by atoms with Gasteiger partial charge in [0.1, 0.15) is 0 Å². The highest BCUT2D eigenvalue weighted by Gasteiger charge is 2.15. The Morgan fingerprint density at radius 3 is 2.74 bits per heavy atom. The highest BCUT2D eigenvalue weighted by molar-refractivity contribution is 7.89. The van der Waals surface area contributed by atoms with Crippen molar-refractivity contribution in [1.82, 2.24) is 15.0 Å². The van der Waals surface area contributed by atoms with Crippen LogP contribution in [0.3, 0.4) is 0 Å². The molecule has 0 fully saturated rings. The molecule has 0 saturated heterocycles. The zero-order valence-electron chi connectivity index (χ0n) is 11.6. The monoisotopic (exact) mass is 285 g/mol. The molecule has 0 aromatic carbocycles. The lowest BCUT2D eigenvalue weighted by Crippen LogP contribution is -2.31. The molecule has 1 aromatic rings. The first-order valence-corrected chi connectivity index (χ1v) is 8.32. The van der Waals surface area contributed by atoms with Gasteiger partial charge in [-0.2, -0.15) is 0 Å². The summed E-state index contributed by atoms with van der Waals surface area (Å²) >= 11 is 0. The van der Waals surface area contributed by atoms with Crippen LogP contribution in [0.2, 0.25) is 0 Å². The topological polar surface area (TPSA) is 71.1 Å². The smallest absolute Gasteiger partial charge is 0.212 e. The Kier molecular flexibility index (Phi) is 6.97. The molecule has 0 aliphatic carbocycles. The van der Waals surface area contributed by atoms with E-state index in [1.54, 1.807) is 13.1 Å². The molecule has 0 radical (unpaired) electrons. The molecule has 108 valence electrons. The molecule has 0 spiro atoms. The Bertz CT molecular complexity index is 448. The highest BCUT2D eigenvalue weighted by Crippen LogP contribution is 2.09. The summed E-state index contributed by atoms with van der Waals surface area (Å²) in [5.74, 6) is 0.140. The van der Waals surface area contributed by atoms with Crippen LogP contribution in [0.15, 0.2) is 24.4 Å². The van der Waals surface area contributed by atoms with E-state index in [4.69, 9.17) is 0 Å². The first kappa shape index (κ1) is 16.1. The summed E-state index contributed by atoms with van der Waals surface area (Å²) in [6.07, 6.45) is 3.33. The molecule has 1 heterocycles. The third-order valence-corrected chi connectivity index (χ3v) is 4.22. The van der Waals surface area contributed by atoms with E-state index in [0.29, 0.717) is 6.42 Å². The summed E-state index contributed by atoms with van der Waals surface area (Å²) in [5.41, 5.74) is 0.732. The van der Waals surface area contributed by atoms with Gasteiger partial charge in [-0.15, -0.1) is 0 Å². The van der Waals surface area contributed by atoms with E-state index in [1.165, 1.54) is 0 Å². The van der Waals surface area contributed by atoms with Crippen LogP contribution in [0.5, 0.6) is 0 Å². The van der Waals surface area contributed by atoms with Crippen LogP contribution in [0, 0.1) is 0 Å². The van der Waals surface area contributed by atoms with E-state index < -0.39 is 10.0 Å². The number of pyridine rings is 1. The second-order valence-corrected chi connectivity index (χ2v) is 6.39. The lowest BCUT2D eigenvalue weighted by Gasteiger charge is -2.13. The van der Waals surface area contributed by atoms with Gasteiger partial charge in [-0.05, 0) is 45.0 Å². The fourth-order valence-electron chi connectivity index (χ4n) is 1.71. The Balaban J connectivity index is 2.38. The van der Waals surface area contributed by atoms with Crippen molar-refractivity contribution in [2.45, 2.75) is 32.7 Å². The van der Waals surface area contributed by atoms with Crippen LogP contribution in [0.4, 0.5) is 0 Å². The van der Waals surface area contributed by atoms with Crippen molar-refractivity contribution >= 4 is 10.0 Å². The highest BCUT2D eigenvalue weighted by atomic mass is 32.2. The predicted molar refractivity (Wildman–Crippen MR) is 77.4 cm³/mol. The summed E-state index contributed by atoms with van der Waals surface area (Å²) in [4.78, 5) is 4.14. The van der Waals surface area contributed by atoms with E-state index >= 15 is 0 Å². The van der Waals surface area contributed by atoms with Gasteiger partial charge in [0.05, 0.1) is 17.5 Å². The van der Waals surface area contributed by atoms with Gasteiger partial charge in [0, 0.05) is 6.20 Å². The maximum Gasteiger partial charge on any atom is 0.212 e. The molecule has 0 saturated carbocycles. The summed E-state index contributed by atoms with van der Waals surface area (Å²) in [6.45, 7) is 5.54. The number of nitrogens with one attached hydrogen (secondary N) is 2. The number of hydrogen-bond donors (Lipinski definition) is 2. The van der Waals surface area contributed by atoms with E-state index in [0.717, 1.165) is 25.2 Å². The second kappa shape index (κ2) is 8.24. The Morgan fingerprint density at radius 2 is 2.11 bits per heavy atom. The van der Waals surface area contributed by atoms with Gasteiger partial charge in [-0.1, -0.05) is 13.0 Å². The van der Waals surface area contributed by atoms with Gasteiger partial charge in [0.2, 0.25) is 10.0 Å². The molecule has 6 heteroatoms. The maximum absolute atomic E-state index is 11.9. The Hall–Kier alpha value is -0.980. The number of hydrogen-bond acceptors (Lipinski definition) is 4. The fraction of sp³-hybridized carbons (Fsp3) is 0.615. The van der Waals surface area contributed by atoms with Gasteiger partial charge >= 0.3 is 0 Å². The molecule has 1 atom stereocenters. The number of aromatic nitrogens is 1. The average Bonchev–Trinajstić information content (AvgIpc) is 2.39. The minimum Gasteiger partial charge on any atom is -0.317 e. The van der Waals surface area contributed by atoms with Crippen LogP contribution in [0.1, 0.15) is 38.4 Å². The summed E-state index contributed by atoms with van der Waals surface area (Å²) < 4.78 is 26.4. The van der Waals surface area contributed by atoms with Gasteiger partial charge < -0.3 is 5.32 Å². The SMILES string of the molecule is CCCNCCCS(=O)(=O)NC(C)c1ccccn1. The summed E-state index contributed by atoms with van der Waals surface area (Å²) in [6, 6.07) is 5.18. The van der Waals surface area contributed by atoms with Crippen molar-refractivity contribution in [3.8, 4) is 0 Å². The van der Waals surface area contributed by atoms with Crippen LogP contribution in [0.25, 0.3) is 0 Å². The van der Waals surface area contributed by atoms with Gasteiger partial charge in [0.15, 0.2) is 0 Å². The van der Waals surface area contributed by atoms with Gasteiger partial charge in [-0.25, -0.2) is 13.1 Å². The van der Waals surface area contributed by atoms with E-state index in [-0.39, 0.29) is 11.8 Å². The van der Waals surface area contributed by atoms with Crippen LogP contribution in [-0.2, 0) is 10.0 Å². The number of sulfonamides is 1. The first-order chi connectivity index (χ1) is 9.05. The van der Waals surface area contributed by atoms with E-state index in [1.807, 2.05) is 18.2 Å². The standard InChI is InChI=1S/C13H23N3O2S/c1-3-8-14-9-6-11-19(17,18)16-12(2)13-7-4-5-10-15-13/h4-5,7,10,12,14,16H,3,6,8-9,11H2,1-2H3. The van der Waals surface area contributed by atoms with Crippen molar-refractivity contribution < 1.29 is 8.42 Å². The molecule has 0 amide bonds. The quantitative estimate of drug-likeness (QED) is 0.674. The average molecular weight is 285 g/mol. The molecule has 1 unspecified atom stereocenters. The van der Waals surface area contributed by atoms with Crippen LogP contribution in [-0.4, -0.2) is 32.2 Å². The van der Waals surface area contributed by atoms with Crippen molar-refractivity contribution in [2.24, 2.45) is 0 Å². The first-order valence-electron chi connectivity index (χ1n) is 6.67. The summed E-state index contributed by atoms with van der Waals surface area (Å²) in [5, 5.41) is 3.19. The second-order valence-electron chi connectivity index (χ2n) is 4.52. The molecular formula is C13H23N3O2S. The zero-order valence-corrected chi connectivity index (χ0v) is 12.4. The number of rotatable bonds is 9. The van der Waals surface area contributed by atoms with E-state index in [9.17, 15) is 8.42 Å². The molecule has 19 heavy (non-hydrogen) atoms. The van der Waals surface area contributed by atoms with Crippen LogP contribution < -0.4 is 10.0 Å². The number of nitrogens with zero attached hydrogens (tertiary/aromatic N) is 1. The molecule has 0 aliphatic heterocycles. The molecule has 1 rings (SSSR count). The molecule has 0 aliphatic rings.